The molecule has 0 radical (unpaired) electrons. The number of benzene rings is 1. The number of esters is 1. The first kappa shape index (κ1) is 21.0. The second kappa shape index (κ2) is 8.88. The summed E-state index contributed by atoms with van der Waals surface area (Å²) in [6, 6.07) is 3.65. The Morgan fingerprint density at radius 2 is 1.88 bits per heavy atom. The normalized spacial score (nSPS) is 11.9. The van der Waals surface area contributed by atoms with Gasteiger partial charge in [0.2, 0.25) is 6.10 Å². The monoisotopic (exact) mass is 370 g/mol. The van der Waals surface area contributed by atoms with Gasteiger partial charge in [-0.25, -0.2) is 9.59 Å². The van der Waals surface area contributed by atoms with E-state index in [4.69, 9.17) is 14.2 Å². The third-order valence-electron chi connectivity index (χ3n) is 2.92. The van der Waals surface area contributed by atoms with E-state index in [2.05, 4.69) is 10.1 Å². The van der Waals surface area contributed by atoms with Crippen LogP contribution in [-0.4, -0.2) is 49.5 Å². The second-order valence-corrected chi connectivity index (χ2v) is 6.10. The summed E-state index contributed by atoms with van der Waals surface area (Å²) in [7, 11) is 2.47. The maximum absolute atomic E-state index is 11.9. The predicted molar refractivity (Wildman–Crippen MR) is 90.3 cm³/mol. The molecular formula is C16H22N2O8. The summed E-state index contributed by atoms with van der Waals surface area (Å²) >= 11 is 0. The van der Waals surface area contributed by atoms with E-state index in [1.807, 2.05) is 0 Å². The molecule has 0 saturated heterocycles. The number of nitrogens with one attached hydrogen (secondary N) is 1. The second-order valence-electron chi connectivity index (χ2n) is 6.10. The van der Waals surface area contributed by atoms with E-state index in [0.717, 1.165) is 6.07 Å². The molecule has 0 spiro atoms. The van der Waals surface area contributed by atoms with Crippen LogP contribution in [0.15, 0.2) is 18.2 Å². The van der Waals surface area contributed by atoms with Crippen LogP contribution in [0.5, 0.6) is 11.5 Å². The highest BCUT2D eigenvalue weighted by molar-refractivity contribution is 5.77. The molecule has 1 rings (SSSR count). The van der Waals surface area contributed by atoms with Crippen LogP contribution < -0.4 is 14.8 Å². The molecule has 1 atom stereocenters. The topological polar surface area (TPSA) is 126 Å². The zero-order valence-corrected chi connectivity index (χ0v) is 15.2. The first-order valence-corrected chi connectivity index (χ1v) is 7.61. The number of alkyl carbamates (subject to hydrolysis) is 1. The Balaban J connectivity index is 2.90. The Morgan fingerprint density at radius 3 is 2.38 bits per heavy atom. The lowest BCUT2D eigenvalue weighted by molar-refractivity contribution is -0.385. The van der Waals surface area contributed by atoms with E-state index < -0.39 is 28.7 Å². The van der Waals surface area contributed by atoms with Crippen molar-refractivity contribution in [3.05, 3.63) is 28.3 Å². The Hall–Kier alpha value is -3.04. The predicted octanol–water partition coefficient (Wildman–Crippen LogP) is 2.05. The number of carbonyl (C=O) groups excluding carboxylic acids is 2. The molecule has 10 nitrogen and oxygen atoms in total. The molecular weight excluding hydrogens is 348 g/mol. The first-order chi connectivity index (χ1) is 12.1. The van der Waals surface area contributed by atoms with Crippen molar-refractivity contribution in [1.82, 2.24) is 5.32 Å². The lowest BCUT2D eigenvalue weighted by Crippen LogP contribution is -2.42. The molecule has 1 amide bonds. The fourth-order valence-electron chi connectivity index (χ4n) is 1.82. The van der Waals surface area contributed by atoms with Crippen LogP contribution in [0.4, 0.5) is 10.5 Å². The van der Waals surface area contributed by atoms with Gasteiger partial charge in [-0.2, -0.15) is 0 Å². The van der Waals surface area contributed by atoms with Gasteiger partial charge < -0.3 is 24.3 Å². The smallest absolute Gasteiger partial charge is 0.407 e. The van der Waals surface area contributed by atoms with Gasteiger partial charge in [0.15, 0.2) is 11.5 Å². The summed E-state index contributed by atoms with van der Waals surface area (Å²) in [5.74, 6) is -0.605. The van der Waals surface area contributed by atoms with Crippen molar-refractivity contribution in [3.63, 3.8) is 0 Å². The number of methoxy groups -OCH3 is 2. The molecule has 0 saturated carbocycles. The van der Waals surface area contributed by atoms with Crippen molar-refractivity contribution in [3.8, 4) is 11.5 Å². The molecule has 10 heteroatoms. The lowest BCUT2D eigenvalue weighted by atomic mass is 10.2. The number of carbonyl (C=O) groups is 2. The van der Waals surface area contributed by atoms with Gasteiger partial charge in [0.25, 0.3) is 5.69 Å². The maximum Gasteiger partial charge on any atom is 0.407 e. The lowest BCUT2D eigenvalue weighted by Gasteiger charge is -2.22. The van der Waals surface area contributed by atoms with Crippen molar-refractivity contribution >= 4 is 17.7 Å². The average molecular weight is 370 g/mol. The van der Waals surface area contributed by atoms with Crippen molar-refractivity contribution in [2.24, 2.45) is 0 Å². The number of hydrogen-bond donors (Lipinski definition) is 1. The molecule has 0 aliphatic heterocycles. The molecule has 0 bridgehead atoms. The van der Waals surface area contributed by atoms with Gasteiger partial charge in [-0.15, -0.1) is 0 Å². The Bertz CT molecular complexity index is 669. The molecule has 0 heterocycles. The highest BCUT2D eigenvalue weighted by atomic mass is 16.6. The SMILES string of the molecule is COC(=O)C(CNC(=O)OC(C)(C)C)Oc1ccc([N+](=O)[O-])cc1OC. The molecule has 26 heavy (non-hydrogen) atoms. The molecule has 1 N–H and O–H groups in total. The van der Waals surface area contributed by atoms with Crippen LogP contribution in [0, 0.1) is 10.1 Å². The average Bonchev–Trinajstić information content (AvgIpc) is 2.56. The van der Waals surface area contributed by atoms with E-state index in [-0.39, 0.29) is 23.7 Å². The molecule has 0 fully saturated rings. The minimum Gasteiger partial charge on any atom is -0.493 e. The van der Waals surface area contributed by atoms with Crippen LogP contribution in [0.1, 0.15) is 20.8 Å². The van der Waals surface area contributed by atoms with E-state index in [1.54, 1.807) is 20.8 Å². The van der Waals surface area contributed by atoms with Crippen LogP contribution in [-0.2, 0) is 14.3 Å². The molecule has 144 valence electrons. The molecule has 1 aromatic rings. The fourth-order valence-corrected chi connectivity index (χ4v) is 1.82. The van der Waals surface area contributed by atoms with Gasteiger partial charge in [-0.1, -0.05) is 0 Å². The van der Waals surface area contributed by atoms with E-state index in [9.17, 15) is 19.7 Å². The van der Waals surface area contributed by atoms with Crippen LogP contribution in [0.3, 0.4) is 0 Å². The van der Waals surface area contributed by atoms with Gasteiger partial charge in [-0.05, 0) is 26.8 Å². The number of nitro benzene ring substituents is 1. The van der Waals surface area contributed by atoms with Gasteiger partial charge in [0.1, 0.15) is 5.60 Å². The largest absolute Gasteiger partial charge is 0.493 e. The molecule has 0 aliphatic carbocycles. The zero-order valence-electron chi connectivity index (χ0n) is 15.2. The number of ether oxygens (including phenoxy) is 4. The Morgan fingerprint density at radius 1 is 1.23 bits per heavy atom. The van der Waals surface area contributed by atoms with Gasteiger partial charge in [0, 0.05) is 6.07 Å². The first-order valence-electron chi connectivity index (χ1n) is 7.61. The standard InChI is InChI=1S/C16H22N2O8/c1-16(2,3)26-15(20)17-9-13(14(19)24-5)25-11-7-6-10(18(21)22)8-12(11)23-4/h6-8,13H,9H2,1-5H3,(H,17,20). The Labute approximate surface area is 150 Å². The third kappa shape index (κ3) is 6.46. The summed E-state index contributed by atoms with van der Waals surface area (Å²) in [4.78, 5) is 33.9. The van der Waals surface area contributed by atoms with Gasteiger partial charge in [0.05, 0.1) is 31.8 Å². The highest BCUT2D eigenvalue weighted by Crippen LogP contribution is 2.31. The number of nitro groups is 1. The van der Waals surface area contributed by atoms with Crippen molar-refractivity contribution < 1.29 is 33.5 Å². The quantitative estimate of drug-likeness (QED) is 0.439. The maximum atomic E-state index is 11.9. The van der Waals surface area contributed by atoms with E-state index in [1.165, 1.54) is 26.4 Å². The van der Waals surface area contributed by atoms with Crippen molar-refractivity contribution in [2.75, 3.05) is 20.8 Å². The van der Waals surface area contributed by atoms with Crippen molar-refractivity contribution in [2.45, 2.75) is 32.5 Å². The summed E-state index contributed by atoms with van der Waals surface area (Å²) in [5.41, 5.74) is -0.900. The number of nitrogens with zero attached hydrogens (tertiary/aromatic N) is 1. The summed E-state index contributed by atoms with van der Waals surface area (Å²) in [5, 5.41) is 13.2. The summed E-state index contributed by atoms with van der Waals surface area (Å²) in [6.07, 6.45) is -1.94. The van der Waals surface area contributed by atoms with Crippen LogP contribution in [0.25, 0.3) is 0 Å². The number of non-ortho nitro benzene ring substituents is 1. The van der Waals surface area contributed by atoms with Crippen LogP contribution >= 0.6 is 0 Å². The van der Waals surface area contributed by atoms with Crippen molar-refractivity contribution in [1.29, 1.82) is 0 Å². The molecule has 0 aromatic heterocycles. The summed E-state index contributed by atoms with van der Waals surface area (Å²) in [6.45, 7) is 4.86. The fraction of sp³-hybridized carbons (Fsp3) is 0.500. The number of amides is 1. The highest BCUT2D eigenvalue weighted by Gasteiger charge is 2.26. The zero-order chi connectivity index (χ0) is 19.9. The van der Waals surface area contributed by atoms with Gasteiger partial charge >= 0.3 is 12.1 Å². The Kier molecular flexibility index (Phi) is 7.17. The minimum absolute atomic E-state index is 0.0605. The molecule has 0 aliphatic rings. The van der Waals surface area contributed by atoms with E-state index >= 15 is 0 Å². The summed E-state index contributed by atoms with van der Waals surface area (Å²) < 4.78 is 20.3. The molecule has 1 unspecified atom stereocenters. The van der Waals surface area contributed by atoms with Gasteiger partial charge in [-0.3, -0.25) is 10.1 Å². The third-order valence-corrected chi connectivity index (χ3v) is 2.92. The number of rotatable bonds is 7. The number of hydrogen-bond acceptors (Lipinski definition) is 8. The molecule has 1 aromatic carbocycles. The van der Waals surface area contributed by atoms with Crippen LogP contribution in [0.2, 0.25) is 0 Å². The van der Waals surface area contributed by atoms with E-state index in [0.29, 0.717) is 0 Å². The minimum atomic E-state index is -1.21.